The molecule has 4 rings (SSSR count). The van der Waals surface area contributed by atoms with Gasteiger partial charge in [0.05, 0.1) is 5.56 Å². The maximum Gasteiger partial charge on any atom is 0.387 e. The maximum absolute atomic E-state index is 15.4. The molecule has 0 saturated heterocycles. The number of rotatable bonds is 10. The van der Waals surface area contributed by atoms with Gasteiger partial charge in [-0.15, -0.1) is 0 Å². The van der Waals surface area contributed by atoms with Crippen molar-refractivity contribution in [3.63, 3.8) is 0 Å². The van der Waals surface area contributed by atoms with Crippen LogP contribution in [0.15, 0.2) is 66.7 Å². The lowest BCUT2D eigenvalue weighted by molar-refractivity contribution is -0.0498. The molecule has 0 aromatic heterocycles. The zero-order chi connectivity index (χ0) is 25.7. The first-order valence-electron chi connectivity index (χ1n) is 12.1. The van der Waals surface area contributed by atoms with Gasteiger partial charge < -0.3 is 4.74 Å². The third-order valence-corrected chi connectivity index (χ3v) is 6.31. The molecule has 188 valence electrons. The van der Waals surface area contributed by atoms with Crippen LogP contribution in [-0.4, -0.2) is 6.61 Å². The van der Waals surface area contributed by atoms with E-state index in [0.717, 1.165) is 35.9 Å². The zero-order valence-corrected chi connectivity index (χ0v) is 20.0. The molecular weight excluding hydrogens is 471 g/mol. The van der Waals surface area contributed by atoms with Crippen molar-refractivity contribution in [2.24, 2.45) is 0 Å². The van der Waals surface area contributed by atoms with Crippen molar-refractivity contribution in [1.29, 1.82) is 0 Å². The van der Waals surface area contributed by atoms with E-state index in [0.29, 0.717) is 5.39 Å². The van der Waals surface area contributed by atoms with Crippen molar-refractivity contribution in [1.82, 2.24) is 0 Å². The highest BCUT2D eigenvalue weighted by atomic mass is 19.3. The van der Waals surface area contributed by atoms with Crippen LogP contribution in [0.3, 0.4) is 0 Å². The van der Waals surface area contributed by atoms with Crippen LogP contribution < -0.4 is 4.74 Å². The van der Waals surface area contributed by atoms with Crippen LogP contribution in [0, 0.1) is 17.5 Å². The lowest BCUT2D eigenvalue weighted by Gasteiger charge is -2.12. The zero-order valence-electron chi connectivity index (χ0n) is 20.0. The van der Waals surface area contributed by atoms with Crippen LogP contribution in [0.25, 0.3) is 33.0 Å². The van der Waals surface area contributed by atoms with Gasteiger partial charge in [-0.05, 0) is 59.2 Å². The summed E-state index contributed by atoms with van der Waals surface area (Å²) >= 11 is 0. The van der Waals surface area contributed by atoms with Crippen molar-refractivity contribution in [2.45, 2.75) is 52.1 Å². The number of benzene rings is 4. The molecule has 1 nitrogen and oxygen atoms in total. The Bertz CT molecular complexity index is 1310. The molecule has 36 heavy (non-hydrogen) atoms. The minimum atomic E-state index is -3.00. The largest absolute Gasteiger partial charge is 0.435 e. The van der Waals surface area contributed by atoms with Gasteiger partial charge in [0.2, 0.25) is 0 Å². The second-order valence-corrected chi connectivity index (χ2v) is 8.86. The molecule has 0 spiro atoms. The third kappa shape index (κ3) is 5.86. The van der Waals surface area contributed by atoms with Crippen LogP contribution in [0.2, 0.25) is 0 Å². The first kappa shape index (κ1) is 25.7. The predicted molar refractivity (Wildman–Crippen MR) is 134 cm³/mol. The van der Waals surface area contributed by atoms with Crippen molar-refractivity contribution < 1.29 is 26.7 Å². The van der Waals surface area contributed by atoms with Gasteiger partial charge >= 0.3 is 6.61 Å². The van der Waals surface area contributed by atoms with E-state index >= 15 is 4.39 Å². The highest BCUT2D eigenvalue weighted by molar-refractivity contribution is 5.89. The summed E-state index contributed by atoms with van der Waals surface area (Å²) in [5, 5.41) is 1.13. The summed E-state index contributed by atoms with van der Waals surface area (Å²) < 4.78 is 74.3. The Morgan fingerprint density at radius 1 is 0.722 bits per heavy atom. The Morgan fingerprint density at radius 3 is 2.08 bits per heavy atom. The average Bonchev–Trinajstić information content (AvgIpc) is 2.84. The Labute approximate surface area is 207 Å². The molecular formula is C30H27F5O. The summed E-state index contributed by atoms with van der Waals surface area (Å²) in [6, 6.07) is 16.0. The van der Waals surface area contributed by atoms with E-state index in [1.54, 1.807) is 12.1 Å². The first-order valence-corrected chi connectivity index (χ1v) is 12.1. The molecule has 0 saturated carbocycles. The van der Waals surface area contributed by atoms with Crippen LogP contribution in [0.1, 0.15) is 44.6 Å². The molecule has 0 radical (unpaired) electrons. The summed E-state index contributed by atoms with van der Waals surface area (Å²) in [5.74, 6) is -2.43. The smallest absolute Gasteiger partial charge is 0.387 e. The summed E-state index contributed by atoms with van der Waals surface area (Å²) in [6.45, 7) is -0.819. The Hall–Kier alpha value is -3.41. The van der Waals surface area contributed by atoms with Crippen molar-refractivity contribution in [3.8, 4) is 28.0 Å². The van der Waals surface area contributed by atoms with E-state index in [9.17, 15) is 17.6 Å². The molecule has 0 atom stereocenters. The molecule has 0 aliphatic carbocycles. The van der Waals surface area contributed by atoms with Gasteiger partial charge in [-0.25, -0.2) is 13.2 Å². The predicted octanol–water partition coefficient (Wildman–Crippen LogP) is 9.71. The van der Waals surface area contributed by atoms with Gasteiger partial charge in [0.1, 0.15) is 23.2 Å². The normalized spacial score (nSPS) is 11.4. The number of fused-ring (bicyclic) bond motifs is 1. The van der Waals surface area contributed by atoms with Gasteiger partial charge in [-0.1, -0.05) is 75.1 Å². The minimum Gasteiger partial charge on any atom is -0.435 e. The topological polar surface area (TPSA) is 9.23 Å². The van der Waals surface area contributed by atoms with E-state index in [4.69, 9.17) is 0 Å². The lowest BCUT2D eigenvalue weighted by atomic mass is 9.95. The number of aryl methyl sites for hydroxylation is 1. The standard InChI is InChI=1S/C30H27F5O/c1-2-3-4-5-6-7-19-8-14-24-21(16-19)11-15-25(29(24)33)22-17-26(31)28(27(32)18-22)20-9-12-23(13-10-20)36-30(34)35/h8-18,30H,2-7H2,1H3. The Morgan fingerprint density at radius 2 is 1.42 bits per heavy atom. The summed E-state index contributed by atoms with van der Waals surface area (Å²) in [7, 11) is 0. The second kappa shape index (κ2) is 11.5. The number of alkyl halides is 2. The molecule has 0 unspecified atom stereocenters. The number of ether oxygens (including phenoxy) is 1. The van der Waals surface area contributed by atoms with Crippen molar-refractivity contribution >= 4 is 10.8 Å². The molecule has 0 aliphatic heterocycles. The van der Waals surface area contributed by atoms with Gasteiger partial charge in [0, 0.05) is 10.9 Å². The molecule has 4 aromatic rings. The van der Waals surface area contributed by atoms with Crippen LogP contribution >= 0.6 is 0 Å². The molecule has 0 N–H and O–H groups in total. The van der Waals surface area contributed by atoms with Crippen molar-refractivity contribution in [3.05, 3.63) is 89.7 Å². The van der Waals surface area contributed by atoms with Crippen LogP contribution in [-0.2, 0) is 6.42 Å². The quantitative estimate of drug-likeness (QED) is 0.156. The van der Waals surface area contributed by atoms with E-state index in [1.165, 1.54) is 56.0 Å². The van der Waals surface area contributed by atoms with E-state index in [2.05, 4.69) is 11.7 Å². The average molecular weight is 499 g/mol. The Kier molecular flexibility index (Phi) is 8.24. The molecule has 4 aromatic carbocycles. The number of hydrogen-bond donors (Lipinski definition) is 0. The van der Waals surface area contributed by atoms with E-state index in [1.807, 2.05) is 12.1 Å². The highest BCUT2D eigenvalue weighted by Crippen LogP contribution is 2.35. The fourth-order valence-electron chi connectivity index (χ4n) is 4.46. The van der Waals surface area contributed by atoms with Crippen LogP contribution in [0.5, 0.6) is 5.75 Å². The molecule has 6 heteroatoms. The van der Waals surface area contributed by atoms with E-state index < -0.39 is 24.1 Å². The van der Waals surface area contributed by atoms with Gasteiger partial charge in [-0.3, -0.25) is 0 Å². The van der Waals surface area contributed by atoms with E-state index in [-0.39, 0.29) is 28.0 Å². The summed E-state index contributed by atoms with van der Waals surface area (Å²) in [6.07, 6.45) is 6.82. The molecule has 0 aliphatic rings. The number of unbranched alkanes of at least 4 members (excludes halogenated alkanes) is 4. The fraction of sp³-hybridized carbons (Fsp3) is 0.267. The SMILES string of the molecule is CCCCCCCc1ccc2c(F)c(-c3cc(F)c(-c4ccc(OC(F)F)cc4)c(F)c3)ccc2c1. The monoisotopic (exact) mass is 498 g/mol. The summed E-state index contributed by atoms with van der Waals surface area (Å²) in [4.78, 5) is 0. The third-order valence-electron chi connectivity index (χ3n) is 6.31. The van der Waals surface area contributed by atoms with Gasteiger partial charge in [0.15, 0.2) is 0 Å². The van der Waals surface area contributed by atoms with Gasteiger partial charge in [-0.2, -0.15) is 8.78 Å². The fourth-order valence-corrected chi connectivity index (χ4v) is 4.46. The van der Waals surface area contributed by atoms with Gasteiger partial charge in [0.25, 0.3) is 0 Å². The number of hydrogen-bond acceptors (Lipinski definition) is 1. The Balaban J connectivity index is 1.59. The highest BCUT2D eigenvalue weighted by Gasteiger charge is 2.17. The summed E-state index contributed by atoms with van der Waals surface area (Å²) in [5.41, 5.74) is 1.13. The second-order valence-electron chi connectivity index (χ2n) is 8.86. The van der Waals surface area contributed by atoms with Crippen LogP contribution in [0.4, 0.5) is 22.0 Å². The van der Waals surface area contributed by atoms with Crippen molar-refractivity contribution in [2.75, 3.05) is 0 Å². The molecule has 0 fully saturated rings. The maximum atomic E-state index is 15.4. The molecule has 0 heterocycles. The molecule has 0 bridgehead atoms. The number of halogens is 5. The minimum absolute atomic E-state index is 0.0748. The molecule has 0 amide bonds. The first-order chi connectivity index (χ1) is 17.4. The lowest BCUT2D eigenvalue weighted by Crippen LogP contribution is -2.01.